The molecule has 0 spiro atoms. The zero-order chi connectivity index (χ0) is 8.65. The second-order valence-corrected chi connectivity index (χ2v) is 1.89. The van der Waals surface area contributed by atoms with E-state index in [1.807, 2.05) is 0 Å². The standard InChI is InChI=1S/C4H4F4O3/c5-2-1(4(6,7)8)10-3(9)11-2/h1-3,9H/t1?,2?,3-/m0/s1. The van der Waals surface area contributed by atoms with Crippen molar-refractivity contribution in [3.63, 3.8) is 0 Å². The number of aliphatic hydroxyl groups excluding tert-OH is 1. The Morgan fingerprint density at radius 3 is 1.91 bits per heavy atom. The van der Waals surface area contributed by atoms with Gasteiger partial charge in [-0.05, 0) is 0 Å². The molecular formula is C4H4F4O3. The highest BCUT2D eigenvalue weighted by Crippen LogP contribution is 2.32. The van der Waals surface area contributed by atoms with Gasteiger partial charge in [0.1, 0.15) is 0 Å². The van der Waals surface area contributed by atoms with E-state index in [-0.39, 0.29) is 0 Å². The maximum absolute atomic E-state index is 12.1. The lowest BCUT2D eigenvalue weighted by Gasteiger charge is -2.13. The van der Waals surface area contributed by atoms with Crippen molar-refractivity contribution in [1.29, 1.82) is 0 Å². The summed E-state index contributed by atoms with van der Waals surface area (Å²) in [6.45, 7) is -2.13. The molecule has 0 bridgehead atoms. The lowest BCUT2D eigenvalue weighted by atomic mass is 10.3. The number of ether oxygens (including phenoxy) is 2. The quantitative estimate of drug-likeness (QED) is 0.547. The van der Waals surface area contributed by atoms with Crippen LogP contribution < -0.4 is 0 Å². The van der Waals surface area contributed by atoms with E-state index in [0.717, 1.165) is 0 Å². The summed E-state index contributed by atoms with van der Waals surface area (Å²) in [5.41, 5.74) is 0. The highest BCUT2D eigenvalue weighted by atomic mass is 19.4. The van der Waals surface area contributed by atoms with Crippen LogP contribution in [0.3, 0.4) is 0 Å². The van der Waals surface area contributed by atoms with Gasteiger partial charge in [-0.2, -0.15) is 13.2 Å². The molecule has 11 heavy (non-hydrogen) atoms. The minimum atomic E-state index is -4.85. The predicted octanol–water partition coefficient (Wildman–Crippen LogP) is 0.536. The number of alkyl halides is 4. The molecule has 3 nitrogen and oxygen atoms in total. The summed E-state index contributed by atoms with van der Waals surface area (Å²) < 4.78 is 54.3. The molecule has 0 saturated carbocycles. The molecule has 0 radical (unpaired) electrons. The monoisotopic (exact) mass is 176 g/mol. The molecule has 0 aromatic heterocycles. The highest BCUT2D eigenvalue weighted by molar-refractivity contribution is 4.74. The Balaban J connectivity index is 2.60. The van der Waals surface area contributed by atoms with E-state index in [1.165, 1.54) is 0 Å². The molecule has 1 fully saturated rings. The van der Waals surface area contributed by atoms with Crippen LogP contribution >= 0.6 is 0 Å². The van der Waals surface area contributed by atoms with Gasteiger partial charge in [0.15, 0.2) is 0 Å². The molecule has 7 heteroatoms. The van der Waals surface area contributed by atoms with Gasteiger partial charge >= 0.3 is 6.18 Å². The summed E-state index contributed by atoms with van der Waals surface area (Å²) in [6, 6.07) is 0. The Morgan fingerprint density at radius 1 is 1.18 bits per heavy atom. The fourth-order valence-corrected chi connectivity index (χ4v) is 0.628. The fraction of sp³-hybridized carbons (Fsp3) is 1.00. The van der Waals surface area contributed by atoms with Crippen molar-refractivity contribution in [3.05, 3.63) is 0 Å². The van der Waals surface area contributed by atoms with Crippen LogP contribution in [0.25, 0.3) is 0 Å². The minimum absolute atomic E-state index is 2.13. The van der Waals surface area contributed by atoms with Crippen LogP contribution in [0.4, 0.5) is 17.6 Å². The van der Waals surface area contributed by atoms with Gasteiger partial charge < -0.3 is 9.84 Å². The summed E-state index contributed by atoms with van der Waals surface area (Å²) in [6.07, 6.45) is -10.2. The lowest BCUT2D eigenvalue weighted by Crippen LogP contribution is -2.35. The van der Waals surface area contributed by atoms with E-state index in [0.29, 0.717) is 0 Å². The smallest absolute Gasteiger partial charge is 0.346 e. The van der Waals surface area contributed by atoms with Gasteiger partial charge in [-0.15, -0.1) is 0 Å². The van der Waals surface area contributed by atoms with Crippen molar-refractivity contribution in [3.8, 4) is 0 Å². The first-order chi connectivity index (χ1) is 4.91. The van der Waals surface area contributed by atoms with Gasteiger partial charge in [0, 0.05) is 0 Å². The van der Waals surface area contributed by atoms with E-state index >= 15 is 0 Å². The number of halogens is 4. The SMILES string of the molecule is O[C@@H]1OC(F)C(C(F)(F)F)O1. The first-order valence-electron chi connectivity index (χ1n) is 2.61. The normalized spacial score (nSPS) is 39.5. The van der Waals surface area contributed by atoms with Gasteiger partial charge in [-0.1, -0.05) is 0 Å². The van der Waals surface area contributed by atoms with Gasteiger partial charge in [-0.3, -0.25) is 4.74 Å². The average Bonchev–Trinajstić information content (AvgIpc) is 2.08. The van der Waals surface area contributed by atoms with Crippen LogP contribution in [-0.2, 0) is 9.47 Å². The second-order valence-electron chi connectivity index (χ2n) is 1.89. The van der Waals surface area contributed by atoms with E-state index < -0.39 is 25.1 Å². The molecule has 66 valence electrons. The topological polar surface area (TPSA) is 38.7 Å². The first-order valence-corrected chi connectivity index (χ1v) is 2.61. The summed E-state index contributed by atoms with van der Waals surface area (Å²) in [5, 5.41) is 8.25. The van der Waals surface area contributed by atoms with E-state index in [2.05, 4.69) is 9.47 Å². The van der Waals surface area contributed by atoms with Crippen LogP contribution in [-0.4, -0.2) is 30.2 Å². The summed E-state index contributed by atoms with van der Waals surface area (Å²) in [7, 11) is 0. The summed E-state index contributed by atoms with van der Waals surface area (Å²) >= 11 is 0. The molecule has 2 unspecified atom stereocenters. The Hall–Kier alpha value is -0.400. The fourth-order valence-electron chi connectivity index (χ4n) is 0.628. The van der Waals surface area contributed by atoms with E-state index in [1.54, 1.807) is 0 Å². The predicted molar refractivity (Wildman–Crippen MR) is 22.9 cm³/mol. The molecule has 1 saturated heterocycles. The molecule has 1 N–H and O–H groups in total. The van der Waals surface area contributed by atoms with Crippen molar-refractivity contribution in [2.45, 2.75) is 25.1 Å². The molecule has 1 rings (SSSR count). The Bertz CT molecular complexity index is 147. The third-order valence-electron chi connectivity index (χ3n) is 1.07. The first kappa shape index (κ1) is 8.69. The summed E-state index contributed by atoms with van der Waals surface area (Å²) in [4.78, 5) is 0. The van der Waals surface area contributed by atoms with Crippen LogP contribution in [0.15, 0.2) is 0 Å². The Morgan fingerprint density at radius 2 is 1.73 bits per heavy atom. The highest BCUT2D eigenvalue weighted by Gasteiger charge is 2.53. The zero-order valence-corrected chi connectivity index (χ0v) is 5.01. The third kappa shape index (κ3) is 1.79. The molecule has 1 heterocycles. The third-order valence-corrected chi connectivity index (χ3v) is 1.07. The van der Waals surface area contributed by atoms with Gasteiger partial charge in [0.2, 0.25) is 12.5 Å². The number of rotatable bonds is 0. The Labute approximate surface area is 58.5 Å². The average molecular weight is 176 g/mol. The van der Waals surface area contributed by atoms with Crippen LogP contribution in [0, 0.1) is 0 Å². The molecule has 1 aliphatic rings. The minimum Gasteiger partial charge on any atom is -0.346 e. The maximum atomic E-state index is 12.1. The van der Waals surface area contributed by atoms with Gasteiger partial charge in [-0.25, -0.2) is 4.39 Å². The molecule has 3 atom stereocenters. The molecule has 0 amide bonds. The van der Waals surface area contributed by atoms with Crippen molar-refractivity contribution in [1.82, 2.24) is 0 Å². The van der Waals surface area contributed by atoms with E-state index in [4.69, 9.17) is 5.11 Å². The van der Waals surface area contributed by atoms with Crippen LogP contribution in [0.1, 0.15) is 0 Å². The van der Waals surface area contributed by atoms with Crippen molar-refractivity contribution in [2.75, 3.05) is 0 Å². The largest absolute Gasteiger partial charge is 0.420 e. The van der Waals surface area contributed by atoms with Crippen molar-refractivity contribution >= 4 is 0 Å². The summed E-state index contributed by atoms with van der Waals surface area (Å²) in [5.74, 6) is 0. The van der Waals surface area contributed by atoms with E-state index in [9.17, 15) is 17.6 Å². The lowest BCUT2D eigenvalue weighted by molar-refractivity contribution is -0.256. The maximum Gasteiger partial charge on any atom is 0.420 e. The van der Waals surface area contributed by atoms with Gasteiger partial charge in [0.05, 0.1) is 0 Å². The molecule has 0 aliphatic carbocycles. The van der Waals surface area contributed by atoms with Crippen molar-refractivity contribution < 1.29 is 32.1 Å². The second kappa shape index (κ2) is 2.58. The van der Waals surface area contributed by atoms with Crippen LogP contribution in [0.5, 0.6) is 0 Å². The molecule has 0 aromatic rings. The number of hydrogen-bond acceptors (Lipinski definition) is 3. The molecule has 1 aliphatic heterocycles. The number of hydrogen-bond donors (Lipinski definition) is 1. The van der Waals surface area contributed by atoms with Crippen LogP contribution in [0.2, 0.25) is 0 Å². The molecule has 0 aromatic carbocycles. The Kier molecular flexibility index (Phi) is 2.04. The van der Waals surface area contributed by atoms with Gasteiger partial charge in [0.25, 0.3) is 6.48 Å². The number of aliphatic hydroxyl groups is 1. The zero-order valence-electron chi connectivity index (χ0n) is 5.01. The van der Waals surface area contributed by atoms with Crippen molar-refractivity contribution in [2.24, 2.45) is 0 Å². The molecular weight excluding hydrogens is 172 g/mol.